The summed E-state index contributed by atoms with van der Waals surface area (Å²) in [5, 5.41) is 0. The van der Waals surface area contributed by atoms with Crippen LogP contribution in [0.2, 0.25) is 0 Å². The second-order valence-electron chi connectivity index (χ2n) is 3.64. The molecule has 6 heteroatoms. The standard InChI is InChI=1S/C11H12F3NO2/c12-11(13,14)17-10-3-1-2-9(8-10)15-4-6-16-7-5-15/h1-3,8H,4-7H2. The summed E-state index contributed by atoms with van der Waals surface area (Å²) in [4.78, 5) is 1.97. The van der Waals surface area contributed by atoms with E-state index in [2.05, 4.69) is 4.74 Å². The molecule has 0 unspecified atom stereocenters. The van der Waals surface area contributed by atoms with Gasteiger partial charge in [-0.05, 0) is 12.1 Å². The van der Waals surface area contributed by atoms with Gasteiger partial charge in [-0.2, -0.15) is 0 Å². The van der Waals surface area contributed by atoms with Crippen LogP contribution in [0.3, 0.4) is 0 Å². The molecule has 2 rings (SSSR count). The molecule has 1 heterocycles. The summed E-state index contributed by atoms with van der Waals surface area (Å²) in [7, 11) is 0. The summed E-state index contributed by atoms with van der Waals surface area (Å²) in [6.07, 6.45) is -4.65. The molecular formula is C11H12F3NO2. The molecular weight excluding hydrogens is 235 g/mol. The zero-order chi connectivity index (χ0) is 12.3. The fourth-order valence-corrected chi connectivity index (χ4v) is 1.70. The van der Waals surface area contributed by atoms with Crippen molar-refractivity contribution in [2.75, 3.05) is 31.2 Å². The van der Waals surface area contributed by atoms with Crippen molar-refractivity contribution < 1.29 is 22.6 Å². The fourth-order valence-electron chi connectivity index (χ4n) is 1.70. The molecule has 0 atom stereocenters. The predicted molar refractivity (Wildman–Crippen MR) is 56.2 cm³/mol. The Morgan fingerprint density at radius 3 is 2.53 bits per heavy atom. The number of ether oxygens (including phenoxy) is 2. The lowest BCUT2D eigenvalue weighted by Crippen LogP contribution is -2.36. The molecule has 1 aliphatic heterocycles. The average Bonchev–Trinajstić information content (AvgIpc) is 2.28. The predicted octanol–water partition coefficient (Wildman–Crippen LogP) is 2.42. The quantitative estimate of drug-likeness (QED) is 0.801. The molecule has 1 aromatic carbocycles. The highest BCUT2D eigenvalue weighted by Gasteiger charge is 2.31. The largest absolute Gasteiger partial charge is 0.573 e. The number of alkyl halides is 3. The van der Waals surface area contributed by atoms with Gasteiger partial charge in [0.05, 0.1) is 13.2 Å². The average molecular weight is 247 g/mol. The van der Waals surface area contributed by atoms with Crippen LogP contribution in [-0.4, -0.2) is 32.7 Å². The Labute approximate surface area is 96.7 Å². The number of halogens is 3. The first-order valence-electron chi connectivity index (χ1n) is 5.23. The second-order valence-corrected chi connectivity index (χ2v) is 3.64. The molecule has 0 bridgehead atoms. The van der Waals surface area contributed by atoms with Gasteiger partial charge in [-0.1, -0.05) is 6.07 Å². The summed E-state index contributed by atoms with van der Waals surface area (Å²) in [6.45, 7) is 2.53. The summed E-state index contributed by atoms with van der Waals surface area (Å²) in [5.74, 6) is -0.193. The number of nitrogens with zero attached hydrogens (tertiary/aromatic N) is 1. The minimum Gasteiger partial charge on any atom is -0.406 e. The molecule has 1 saturated heterocycles. The van der Waals surface area contributed by atoms with Gasteiger partial charge in [0.1, 0.15) is 5.75 Å². The highest BCUT2D eigenvalue weighted by molar-refractivity contribution is 5.51. The van der Waals surface area contributed by atoms with E-state index in [0.717, 1.165) is 5.69 Å². The van der Waals surface area contributed by atoms with Gasteiger partial charge in [-0.15, -0.1) is 13.2 Å². The Morgan fingerprint density at radius 1 is 1.18 bits per heavy atom. The summed E-state index contributed by atoms with van der Waals surface area (Å²) in [6, 6.07) is 5.98. The van der Waals surface area contributed by atoms with Crippen LogP contribution in [0.5, 0.6) is 5.75 Å². The Hall–Kier alpha value is -1.43. The molecule has 3 nitrogen and oxygen atoms in total. The first-order valence-corrected chi connectivity index (χ1v) is 5.23. The molecule has 1 aliphatic rings. The van der Waals surface area contributed by atoms with Crippen LogP contribution < -0.4 is 9.64 Å². The van der Waals surface area contributed by atoms with Crippen molar-refractivity contribution in [3.8, 4) is 5.75 Å². The Kier molecular flexibility index (Phi) is 3.42. The maximum absolute atomic E-state index is 12.1. The van der Waals surface area contributed by atoms with Crippen LogP contribution >= 0.6 is 0 Å². The van der Waals surface area contributed by atoms with E-state index < -0.39 is 6.36 Å². The van der Waals surface area contributed by atoms with Gasteiger partial charge in [0, 0.05) is 24.8 Å². The second kappa shape index (κ2) is 4.83. The SMILES string of the molecule is FC(F)(F)Oc1cccc(N2CCOCC2)c1. The molecule has 0 N–H and O–H groups in total. The third-order valence-corrected chi connectivity index (χ3v) is 2.43. The van der Waals surface area contributed by atoms with Crippen molar-refractivity contribution in [1.82, 2.24) is 0 Å². The third kappa shape index (κ3) is 3.52. The van der Waals surface area contributed by atoms with E-state index in [1.54, 1.807) is 12.1 Å². The van der Waals surface area contributed by atoms with E-state index >= 15 is 0 Å². The van der Waals surface area contributed by atoms with Crippen LogP contribution in [-0.2, 0) is 4.74 Å². The van der Waals surface area contributed by atoms with Gasteiger partial charge in [-0.3, -0.25) is 0 Å². The third-order valence-electron chi connectivity index (χ3n) is 2.43. The van der Waals surface area contributed by atoms with Gasteiger partial charge in [0.15, 0.2) is 0 Å². The zero-order valence-electron chi connectivity index (χ0n) is 9.04. The Morgan fingerprint density at radius 2 is 1.88 bits per heavy atom. The van der Waals surface area contributed by atoms with Crippen molar-refractivity contribution in [1.29, 1.82) is 0 Å². The molecule has 0 saturated carbocycles. The molecule has 0 aliphatic carbocycles. The molecule has 0 aromatic heterocycles. The number of hydrogen-bond acceptors (Lipinski definition) is 3. The summed E-state index contributed by atoms with van der Waals surface area (Å²) < 4.78 is 45.2. The Bertz CT molecular complexity index is 375. The van der Waals surface area contributed by atoms with Gasteiger partial charge >= 0.3 is 6.36 Å². The lowest BCUT2D eigenvalue weighted by molar-refractivity contribution is -0.274. The molecule has 1 fully saturated rings. The highest BCUT2D eigenvalue weighted by atomic mass is 19.4. The monoisotopic (exact) mass is 247 g/mol. The van der Waals surface area contributed by atoms with E-state index in [-0.39, 0.29) is 5.75 Å². The van der Waals surface area contributed by atoms with E-state index in [9.17, 15) is 13.2 Å². The van der Waals surface area contributed by atoms with Crippen molar-refractivity contribution in [3.63, 3.8) is 0 Å². The van der Waals surface area contributed by atoms with Crippen molar-refractivity contribution in [3.05, 3.63) is 24.3 Å². The van der Waals surface area contributed by atoms with Crippen molar-refractivity contribution in [2.24, 2.45) is 0 Å². The maximum atomic E-state index is 12.1. The molecule has 0 amide bonds. The Balaban J connectivity index is 2.10. The first-order chi connectivity index (χ1) is 8.04. The maximum Gasteiger partial charge on any atom is 0.573 e. The normalized spacial score (nSPS) is 17.0. The van der Waals surface area contributed by atoms with Crippen LogP contribution in [0.1, 0.15) is 0 Å². The summed E-state index contributed by atoms with van der Waals surface area (Å²) >= 11 is 0. The van der Waals surface area contributed by atoms with E-state index in [0.29, 0.717) is 26.3 Å². The van der Waals surface area contributed by atoms with Crippen LogP contribution in [0.15, 0.2) is 24.3 Å². The fraction of sp³-hybridized carbons (Fsp3) is 0.455. The topological polar surface area (TPSA) is 21.7 Å². The minimum atomic E-state index is -4.65. The van der Waals surface area contributed by atoms with Crippen LogP contribution in [0, 0.1) is 0 Å². The minimum absolute atomic E-state index is 0.193. The zero-order valence-corrected chi connectivity index (χ0v) is 9.04. The van der Waals surface area contributed by atoms with Crippen LogP contribution in [0.25, 0.3) is 0 Å². The van der Waals surface area contributed by atoms with Gasteiger partial charge in [-0.25, -0.2) is 0 Å². The number of rotatable bonds is 2. The van der Waals surface area contributed by atoms with Gasteiger partial charge < -0.3 is 14.4 Å². The van der Waals surface area contributed by atoms with Crippen molar-refractivity contribution >= 4 is 5.69 Å². The number of benzene rings is 1. The lowest BCUT2D eigenvalue weighted by Gasteiger charge is -2.29. The van der Waals surface area contributed by atoms with Crippen LogP contribution in [0.4, 0.5) is 18.9 Å². The molecule has 1 aromatic rings. The van der Waals surface area contributed by atoms with E-state index in [4.69, 9.17) is 4.74 Å². The van der Waals surface area contributed by atoms with E-state index in [1.165, 1.54) is 12.1 Å². The number of anilines is 1. The van der Waals surface area contributed by atoms with Gasteiger partial charge in [0.25, 0.3) is 0 Å². The molecule has 0 radical (unpaired) electrons. The molecule has 0 spiro atoms. The van der Waals surface area contributed by atoms with Gasteiger partial charge in [0.2, 0.25) is 0 Å². The lowest BCUT2D eigenvalue weighted by atomic mass is 10.2. The number of morpholine rings is 1. The smallest absolute Gasteiger partial charge is 0.406 e. The summed E-state index contributed by atoms with van der Waals surface area (Å²) in [5.41, 5.74) is 0.718. The molecule has 17 heavy (non-hydrogen) atoms. The highest BCUT2D eigenvalue weighted by Crippen LogP contribution is 2.27. The van der Waals surface area contributed by atoms with E-state index in [1.807, 2.05) is 4.90 Å². The number of hydrogen-bond donors (Lipinski definition) is 0. The van der Waals surface area contributed by atoms with Crippen molar-refractivity contribution in [2.45, 2.75) is 6.36 Å². The first kappa shape index (κ1) is 12.0. The molecule has 94 valence electrons.